The van der Waals surface area contributed by atoms with Gasteiger partial charge in [0.2, 0.25) is 0 Å². The molecule has 3 aromatic rings. The Hall–Kier alpha value is -1.45. The van der Waals surface area contributed by atoms with E-state index in [-0.39, 0.29) is 11.6 Å². The average Bonchev–Trinajstić information content (AvgIpc) is 2.50. The van der Waals surface area contributed by atoms with Crippen LogP contribution in [0.15, 0.2) is 59.1 Å². The smallest absolute Gasteiger partial charge is 0.137 e. The highest BCUT2D eigenvalue weighted by Gasteiger charge is 2.16. The molecule has 0 bridgehead atoms. The molecule has 0 amide bonds. The van der Waals surface area contributed by atoms with Crippen molar-refractivity contribution in [3.63, 3.8) is 0 Å². The van der Waals surface area contributed by atoms with Crippen molar-refractivity contribution < 1.29 is 8.78 Å². The third-order valence-corrected chi connectivity index (χ3v) is 4.54. The van der Waals surface area contributed by atoms with Gasteiger partial charge >= 0.3 is 0 Å². The molecule has 0 aliphatic rings. The van der Waals surface area contributed by atoms with Gasteiger partial charge in [-0.2, -0.15) is 0 Å². The first-order valence-electron chi connectivity index (χ1n) is 6.34. The Balaban J connectivity index is 2.15. The summed E-state index contributed by atoms with van der Waals surface area (Å²) < 4.78 is 27.9. The summed E-state index contributed by atoms with van der Waals surface area (Å²) in [4.78, 5) is 0. The van der Waals surface area contributed by atoms with Gasteiger partial charge in [0.15, 0.2) is 0 Å². The highest BCUT2D eigenvalue weighted by molar-refractivity contribution is 9.10. The molecule has 0 saturated carbocycles. The van der Waals surface area contributed by atoms with Crippen LogP contribution in [0.2, 0.25) is 0 Å². The molecule has 0 heterocycles. The van der Waals surface area contributed by atoms with E-state index in [0.717, 1.165) is 10.9 Å². The SMILES string of the molecule is Fc1cc(C(Cl)c2ccc(F)c3ccccc23)ccc1Br. The summed E-state index contributed by atoms with van der Waals surface area (Å²) in [6, 6.07) is 14.9. The Morgan fingerprint density at radius 3 is 2.29 bits per heavy atom. The molecule has 106 valence electrons. The lowest BCUT2D eigenvalue weighted by Crippen LogP contribution is -1.97. The summed E-state index contributed by atoms with van der Waals surface area (Å²) in [5.41, 5.74) is 1.39. The first-order chi connectivity index (χ1) is 10.1. The Bertz CT molecular complexity index is 817. The van der Waals surface area contributed by atoms with E-state index in [0.29, 0.717) is 15.4 Å². The number of alkyl halides is 1. The van der Waals surface area contributed by atoms with Crippen LogP contribution in [0.5, 0.6) is 0 Å². The molecule has 0 radical (unpaired) electrons. The van der Waals surface area contributed by atoms with Crippen molar-refractivity contribution in [2.75, 3.05) is 0 Å². The fourth-order valence-corrected chi connectivity index (χ4v) is 2.93. The molecular weight excluding hydrogens is 358 g/mol. The number of hydrogen-bond acceptors (Lipinski definition) is 0. The second kappa shape index (κ2) is 5.74. The highest BCUT2D eigenvalue weighted by atomic mass is 79.9. The van der Waals surface area contributed by atoms with Crippen LogP contribution in [0.25, 0.3) is 10.8 Å². The monoisotopic (exact) mass is 366 g/mol. The van der Waals surface area contributed by atoms with Crippen molar-refractivity contribution in [1.29, 1.82) is 0 Å². The van der Waals surface area contributed by atoms with Crippen LogP contribution in [0.3, 0.4) is 0 Å². The molecule has 0 aliphatic carbocycles. The van der Waals surface area contributed by atoms with Gasteiger partial charge in [0, 0.05) is 5.39 Å². The molecule has 21 heavy (non-hydrogen) atoms. The van der Waals surface area contributed by atoms with E-state index >= 15 is 0 Å². The summed E-state index contributed by atoms with van der Waals surface area (Å²) >= 11 is 9.60. The van der Waals surface area contributed by atoms with E-state index in [1.165, 1.54) is 12.1 Å². The summed E-state index contributed by atoms with van der Waals surface area (Å²) in [5, 5.41) is 0.706. The molecular formula is C17H10BrClF2. The fraction of sp³-hybridized carbons (Fsp3) is 0.0588. The third kappa shape index (κ3) is 2.68. The van der Waals surface area contributed by atoms with Crippen LogP contribution in [-0.4, -0.2) is 0 Å². The zero-order chi connectivity index (χ0) is 15.0. The molecule has 3 rings (SSSR count). The largest absolute Gasteiger partial charge is 0.206 e. The topological polar surface area (TPSA) is 0 Å². The molecule has 0 spiro atoms. The normalized spacial score (nSPS) is 12.6. The number of hydrogen-bond donors (Lipinski definition) is 0. The second-order valence-corrected chi connectivity index (χ2v) is 6.01. The summed E-state index contributed by atoms with van der Waals surface area (Å²) in [6.45, 7) is 0. The minimum absolute atomic E-state index is 0.291. The highest BCUT2D eigenvalue weighted by Crippen LogP contribution is 2.35. The third-order valence-electron chi connectivity index (χ3n) is 3.41. The standard InChI is InChI=1S/C17H10BrClF2/c18-14-7-5-10(9-16(14)21)17(19)13-6-8-15(20)12-4-2-1-3-11(12)13/h1-9,17H. The fourth-order valence-electron chi connectivity index (χ4n) is 2.36. The molecule has 0 saturated heterocycles. The molecule has 1 unspecified atom stereocenters. The maximum absolute atomic E-state index is 13.8. The van der Waals surface area contributed by atoms with Crippen molar-refractivity contribution in [1.82, 2.24) is 0 Å². The molecule has 0 nitrogen and oxygen atoms in total. The molecule has 1 atom stereocenters. The average molecular weight is 368 g/mol. The van der Waals surface area contributed by atoms with E-state index in [2.05, 4.69) is 15.9 Å². The van der Waals surface area contributed by atoms with Crippen LogP contribution in [-0.2, 0) is 0 Å². The van der Waals surface area contributed by atoms with Gasteiger partial charge in [-0.05, 0) is 50.6 Å². The maximum Gasteiger partial charge on any atom is 0.137 e. The minimum atomic E-state index is -0.543. The molecule has 0 aromatic heterocycles. The molecule has 3 aromatic carbocycles. The molecule has 0 aliphatic heterocycles. The van der Waals surface area contributed by atoms with Gasteiger partial charge in [0.05, 0.1) is 9.85 Å². The van der Waals surface area contributed by atoms with Crippen molar-refractivity contribution >= 4 is 38.3 Å². The lowest BCUT2D eigenvalue weighted by molar-refractivity contribution is 0.619. The Labute approximate surface area is 134 Å². The summed E-state index contributed by atoms with van der Waals surface area (Å²) in [6.07, 6.45) is 0. The van der Waals surface area contributed by atoms with Gasteiger partial charge in [-0.1, -0.05) is 36.4 Å². The van der Waals surface area contributed by atoms with Gasteiger partial charge < -0.3 is 0 Å². The van der Waals surface area contributed by atoms with Crippen LogP contribution < -0.4 is 0 Å². The zero-order valence-electron chi connectivity index (χ0n) is 10.8. The van der Waals surface area contributed by atoms with Gasteiger partial charge in [-0.3, -0.25) is 0 Å². The van der Waals surface area contributed by atoms with Crippen molar-refractivity contribution in [2.24, 2.45) is 0 Å². The number of halogens is 4. The van der Waals surface area contributed by atoms with Crippen molar-refractivity contribution in [3.8, 4) is 0 Å². The summed E-state index contributed by atoms with van der Waals surface area (Å²) in [7, 11) is 0. The lowest BCUT2D eigenvalue weighted by Gasteiger charge is -2.14. The van der Waals surface area contributed by atoms with Crippen LogP contribution in [0.1, 0.15) is 16.5 Å². The minimum Gasteiger partial charge on any atom is -0.206 e. The van der Waals surface area contributed by atoms with Gasteiger partial charge in [-0.15, -0.1) is 11.6 Å². The van der Waals surface area contributed by atoms with Crippen LogP contribution in [0.4, 0.5) is 8.78 Å². The van der Waals surface area contributed by atoms with E-state index in [9.17, 15) is 8.78 Å². The number of benzene rings is 3. The van der Waals surface area contributed by atoms with Crippen LogP contribution in [0, 0.1) is 11.6 Å². The van der Waals surface area contributed by atoms with Gasteiger partial charge in [0.25, 0.3) is 0 Å². The first-order valence-corrected chi connectivity index (χ1v) is 7.57. The predicted octanol–water partition coefficient (Wildman–Crippen LogP) is 6.21. The summed E-state index contributed by atoms with van der Waals surface area (Å²) in [5.74, 6) is -0.662. The molecule has 0 N–H and O–H groups in total. The van der Waals surface area contributed by atoms with E-state index in [4.69, 9.17) is 11.6 Å². The van der Waals surface area contributed by atoms with Crippen molar-refractivity contribution in [3.05, 3.63) is 81.8 Å². The Morgan fingerprint density at radius 1 is 0.857 bits per heavy atom. The number of rotatable bonds is 2. The quantitative estimate of drug-likeness (QED) is 0.472. The maximum atomic E-state index is 13.8. The lowest BCUT2D eigenvalue weighted by atomic mass is 9.97. The van der Waals surface area contributed by atoms with E-state index in [1.54, 1.807) is 30.3 Å². The predicted molar refractivity (Wildman–Crippen MR) is 85.7 cm³/mol. The number of fused-ring (bicyclic) bond motifs is 1. The molecule has 0 fully saturated rings. The van der Waals surface area contributed by atoms with Crippen molar-refractivity contribution in [2.45, 2.75) is 5.38 Å². The second-order valence-electron chi connectivity index (χ2n) is 4.72. The van der Waals surface area contributed by atoms with Crippen LogP contribution >= 0.6 is 27.5 Å². The first kappa shape index (κ1) is 14.5. The van der Waals surface area contributed by atoms with Gasteiger partial charge in [0.1, 0.15) is 11.6 Å². The van der Waals surface area contributed by atoms with E-state index in [1.807, 2.05) is 12.1 Å². The van der Waals surface area contributed by atoms with Gasteiger partial charge in [-0.25, -0.2) is 8.78 Å². The van der Waals surface area contributed by atoms with E-state index < -0.39 is 5.38 Å². The molecule has 4 heteroatoms. The Morgan fingerprint density at radius 2 is 1.57 bits per heavy atom. The Kier molecular flexibility index (Phi) is 3.96. The zero-order valence-corrected chi connectivity index (χ0v) is 13.1.